The summed E-state index contributed by atoms with van der Waals surface area (Å²) in [7, 11) is 0. The SMILES string of the molecule is [2H]c1c([2H])c([2H])c(-[n+]2c[n+](-c3ccc4c(c3)oc3cccc(-c5ccc6c7ccccc7c7ccccc7c6c5)c34)c[n+](-c3c([2H])c([2H])c([2H])c([2H])c3[2H])c2)c([2H])c1[2H]. The molecule has 4 heteroatoms. The fourth-order valence-electron chi connectivity index (χ4n) is 6.89. The Labute approximate surface area is 296 Å². The standard InChI is InChI=1S/C45H30N3O/c1-3-12-32(13-4-1)46-28-47(33-14-5-2-6-15-33)30-48(29-46)34-23-25-41-44(27-34)49-43-21-11-20-35(45(41)43)31-22-24-40-38-18-8-7-16-36(38)37-17-9-10-19-39(37)42(40)26-31/h1-30H/q+3/i1D,2D,3D,4D,5D,6D,12D,13D,14D,15D. The fraction of sp³-hybridized carbons (Fsp3) is 0. The van der Waals surface area contributed by atoms with Gasteiger partial charge in [-0.3, -0.25) is 0 Å². The Morgan fingerprint density at radius 1 is 0.408 bits per heavy atom. The number of para-hydroxylation sites is 2. The third-order valence-electron chi connectivity index (χ3n) is 9.07. The van der Waals surface area contributed by atoms with Crippen molar-refractivity contribution in [1.29, 1.82) is 0 Å². The Hall–Kier alpha value is -6.65. The van der Waals surface area contributed by atoms with Gasteiger partial charge in [0.05, 0.1) is 19.8 Å². The smallest absolute Gasteiger partial charge is 0.428 e. The van der Waals surface area contributed by atoms with Gasteiger partial charge in [-0.15, -0.1) is 0 Å². The van der Waals surface area contributed by atoms with Crippen molar-refractivity contribution in [3.8, 4) is 28.2 Å². The molecule has 4 nitrogen and oxygen atoms in total. The van der Waals surface area contributed by atoms with Crippen LogP contribution < -0.4 is 13.7 Å². The maximum absolute atomic E-state index is 8.70. The van der Waals surface area contributed by atoms with E-state index in [2.05, 4.69) is 72.8 Å². The number of fused-ring (bicyclic) bond motifs is 9. The summed E-state index contributed by atoms with van der Waals surface area (Å²) in [5.41, 5.74) is 3.34. The largest absolute Gasteiger partial charge is 0.456 e. The molecule has 0 saturated heterocycles. The summed E-state index contributed by atoms with van der Waals surface area (Å²) in [5, 5.41) is 8.81. The summed E-state index contributed by atoms with van der Waals surface area (Å²) < 4.78 is 95.0. The normalized spacial score (nSPS) is 14.5. The highest BCUT2D eigenvalue weighted by atomic mass is 16.3. The summed E-state index contributed by atoms with van der Waals surface area (Å²) in [6, 6.07) is 29.7. The minimum Gasteiger partial charge on any atom is -0.456 e. The van der Waals surface area contributed by atoms with Crippen LogP contribution in [-0.2, 0) is 0 Å². The van der Waals surface area contributed by atoms with Crippen LogP contribution in [0.5, 0.6) is 0 Å². The highest BCUT2D eigenvalue weighted by molar-refractivity contribution is 6.26. The minimum atomic E-state index is -0.563. The second kappa shape index (κ2) is 11.0. The van der Waals surface area contributed by atoms with Crippen molar-refractivity contribution in [2.24, 2.45) is 0 Å². The predicted octanol–water partition coefficient (Wildman–Crippen LogP) is 9.54. The summed E-state index contributed by atoms with van der Waals surface area (Å²) in [6.07, 6.45) is 4.32. The van der Waals surface area contributed by atoms with E-state index in [0.29, 0.717) is 16.9 Å². The molecule has 0 saturated carbocycles. The molecule has 0 amide bonds. The van der Waals surface area contributed by atoms with E-state index in [4.69, 9.17) is 18.1 Å². The Kier molecular flexibility index (Phi) is 4.31. The molecule has 0 bridgehead atoms. The van der Waals surface area contributed by atoms with E-state index >= 15 is 0 Å². The number of furan rings is 1. The van der Waals surface area contributed by atoms with Crippen LogP contribution in [0.4, 0.5) is 0 Å². The van der Waals surface area contributed by atoms with Crippen LogP contribution in [0.2, 0.25) is 0 Å². The molecular formula is C45H30N3O+3. The average molecular weight is 639 g/mol. The third-order valence-corrected chi connectivity index (χ3v) is 9.07. The molecule has 10 rings (SSSR count). The third kappa shape index (κ3) is 4.49. The Balaban J connectivity index is 1.18. The summed E-state index contributed by atoms with van der Waals surface area (Å²) in [4.78, 5) is 0. The quantitative estimate of drug-likeness (QED) is 0.139. The van der Waals surface area contributed by atoms with E-state index < -0.39 is 60.4 Å². The number of rotatable bonds is 4. The molecule has 0 atom stereocenters. The van der Waals surface area contributed by atoms with Crippen LogP contribution in [-0.4, -0.2) is 0 Å². The van der Waals surface area contributed by atoms with Crippen molar-refractivity contribution < 1.29 is 31.8 Å². The van der Waals surface area contributed by atoms with Crippen molar-refractivity contribution in [1.82, 2.24) is 0 Å². The lowest BCUT2D eigenvalue weighted by Gasteiger charge is -2.12. The summed E-state index contributed by atoms with van der Waals surface area (Å²) in [5.74, 6) is 0. The molecule has 10 aromatic rings. The Morgan fingerprint density at radius 2 is 0.939 bits per heavy atom. The van der Waals surface area contributed by atoms with E-state index in [1.54, 1.807) is 10.6 Å². The molecule has 2 aromatic heterocycles. The van der Waals surface area contributed by atoms with E-state index in [9.17, 15) is 0 Å². The molecule has 0 radical (unpaired) electrons. The van der Waals surface area contributed by atoms with Crippen molar-refractivity contribution in [3.05, 3.63) is 183 Å². The number of hydrogen-bond acceptors (Lipinski definition) is 1. The first-order valence-corrected chi connectivity index (χ1v) is 15.8. The first-order chi connectivity index (χ1) is 28.4. The van der Waals surface area contributed by atoms with Crippen LogP contribution >= 0.6 is 0 Å². The lowest BCUT2D eigenvalue weighted by atomic mass is 9.91. The molecule has 0 fully saturated rings. The van der Waals surface area contributed by atoms with Gasteiger partial charge in [0, 0.05) is 41.0 Å². The molecular weight excluding hydrogens is 599 g/mol. The molecule has 228 valence electrons. The lowest BCUT2D eigenvalue weighted by molar-refractivity contribution is -0.858. The van der Waals surface area contributed by atoms with Crippen LogP contribution in [0, 0.1) is 0 Å². The second-order valence-corrected chi connectivity index (χ2v) is 11.8. The van der Waals surface area contributed by atoms with Gasteiger partial charge in [-0.1, -0.05) is 123 Å². The zero-order valence-corrected chi connectivity index (χ0v) is 25.8. The lowest BCUT2D eigenvalue weighted by Crippen LogP contribution is -2.55. The number of aromatic nitrogens is 3. The highest BCUT2D eigenvalue weighted by Crippen LogP contribution is 2.40. The first-order valence-electron chi connectivity index (χ1n) is 20.8. The molecule has 0 aliphatic carbocycles. The van der Waals surface area contributed by atoms with Gasteiger partial charge in [0.15, 0.2) is 0 Å². The van der Waals surface area contributed by atoms with Gasteiger partial charge >= 0.3 is 19.0 Å². The van der Waals surface area contributed by atoms with Crippen molar-refractivity contribution in [2.45, 2.75) is 0 Å². The first kappa shape index (κ1) is 19.2. The van der Waals surface area contributed by atoms with E-state index in [1.807, 2.05) is 24.3 Å². The molecule has 0 aliphatic heterocycles. The minimum absolute atomic E-state index is 0.197. The Morgan fingerprint density at radius 3 is 1.55 bits per heavy atom. The van der Waals surface area contributed by atoms with Gasteiger partial charge in [0.1, 0.15) is 11.2 Å². The number of nitrogens with zero attached hydrogens (tertiary/aromatic N) is 3. The van der Waals surface area contributed by atoms with E-state index in [1.165, 1.54) is 55.0 Å². The van der Waals surface area contributed by atoms with Crippen LogP contribution in [0.25, 0.3) is 82.4 Å². The van der Waals surface area contributed by atoms with Gasteiger partial charge in [0.2, 0.25) is 17.1 Å². The molecule has 0 spiro atoms. The van der Waals surface area contributed by atoms with E-state index in [-0.39, 0.29) is 11.4 Å². The van der Waals surface area contributed by atoms with Crippen LogP contribution in [0.3, 0.4) is 0 Å². The van der Waals surface area contributed by atoms with Crippen LogP contribution in [0.15, 0.2) is 187 Å². The maximum atomic E-state index is 8.70. The predicted molar refractivity (Wildman–Crippen MR) is 196 cm³/mol. The van der Waals surface area contributed by atoms with E-state index in [0.717, 1.165) is 27.3 Å². The van der Waals surface area contributed by atoms with Gasteiger partial charge in [-0.25, -0.2) is 0 Å². The molecule has 0 unspecified atom stereocenters. The number of hydrogen-bond donors (Lipinski definition) is 0. The zero-order chi connectivity index (χ0) is 41.0. The van der Waals surface area contributed by atoms with Crippen molar-refractivity contribution >= 4 is 54.3 Å². The monoisotopic (exact) mass is 638 g/mol. The summed E-state index contributed by atoms with van der Waals surface area (Å²) in [6.45, 7) is 0. The zero-order valence-electron chi connectivity index (χ0n) is 35.8. The van der Waals surface area contributed by atoms with Gasteiger partial charge in [-0.05, 0) is 61.6 Å². The van der Waals surface area contributed by atoms with Gasteiger partial charge < -0.3 is 4.42 Å². The average Bonchev–Trinajstić information content (AvgIpc) is 3.64. The van der Waals surface area contributed by atoms with Crippen molar-refractivity contribution in [2.75, 3.05) is 0 Å². The highest BCUT2D eigenvalue weighted by Gasteiger charge is 2.26. The fourth-order valence-corrected chi connectivity index (χ4v) is 6.89. The van der Waals surface area contributed by atoms with Crippen LogP contribution in [0.1, 0.15) is 13.7 Å². The molecule has 2 heterocycles. The summed E-state index contributed by atoms with van der Waals surface area (Å²) >= 11 is 0. The molecule has 0 N–H and O–H groups in total. The second-order valence-electron chi connectivity index (χ2n) is 11.8. The topological polar surface area (TPSA) is 24.8 Å². The van der Waals surface area contributed by atoms with Crippen molar-refractivity contribution in [3.63, 3.8) is 0 Å². The Bertz CT molecular complexity index is 3300. The molecule has 0 aliphatic rings. The van der Waals surface area contributed by atoms with Gasteiger partial charge in [0.25, 0.3) is 0 Å². The van der Waals surface area contributed by atoms with Gasteiger partial charge in [-0.2, -0.15) is 0 Å². The maximum Gasteiger partial charge on any atom is 0.428 e. The molecule has 49 heavy (non-hydrogen) atoms. The number of benzene rings is 8. The molecule has 8 aromatic carbocycles.